The molecule has 11 heteroatoms. The molecule has 3 atom stereocenters. The van der Waals surface area contributed by atoms with Crippen molar-refractivity contribution in [3.05, 3.63) is 51.8 Å². The lowest BCUT2D eigenvalue weighted by molar-refractivity contribution is -0.192. The van der Waals surface area contributed by atoms with Gasteiger partial charge in [-0.25, -0.2) is 9.59 Å². The number of rotatable bonds is 5. The fraction of sp³-hybridized carbons (Fsp3) is 0.458. The molecule has 1 aromatic heterocycles. The fourth-order valence-corrected chi connectivity index (χ4v) is 4.85. The summed E-state index contributed by atoms with van der Waals surface area (Å²) in [6, 6.07) is 10.4. The Labute approximate surface area is 199 Å². The third-order valence-electron chi connectivity index (χ3n) is 6.66. The van der Waals surface area contributed by atoms with Crippen LogP contribution in [0.4, 0.5) is 18.9 Å². The van der Waals surface area contributed by atoms with Crippen molar-refractivity contribution < 1.29 is 33.0 Å². The highest BCUT2D eigenvalue weighted by Crippen LogP contribution is 2.40. The van der Waals surface area contributed by atoms with Gasteiger partial charge in [0.25, 0.3) is 5.56 Å². The summed E-state index contributed by atoms with van der Waals surface area (Å²) in [4.78, 5) is 37.5. The molecule has 0 radical (unpaired) electrons. The first-order valence-corrected chi connectivity index (χ1v) is 11.3. The first kappa shape index (κ1) is 26.3. The molecule has 190 valence electrons. The van der Waals surface area contributed by atoms with Crippen molar-refractivity contribution >= 4 is 17.6 Å². The second-order valence-electron chi connectivity index (χ2n) is 8.80. The quantitative estimate of drug-likeness (QED) is 0.502. The second kappa shape index (κ2) is 10.5. The molecule has 4 rings (SSSR count). The smallest absolute Gasteiger partial charge is 0.477 e. The number of hydrogen-bond acceptors (Lipinski definition) is 5. The summed E-state index contributed by atoms with van der Waals surface area (Å²) in [5.41, 5.74) is 2.89. The van der Waals surface area contributed by atoms with Gasteiger partial charge in [0, 0.05) is 24.8 Å². The van der Waals surface area contributed by atoms with Crippen molar-refractivity contribution in [2.24, 2.45) is 11.8 Å². The van der Waals surface area contributed by atoms with Gasteiger partial charge in [0.2, 0.25) is 0 Å². The Morgan fingerprint density at radius 1 is 1.11 bits per heavy atom. The number of aryl methyl sites for hydroxylation is 1. The monoisotopic (exact) mass is 495 g/mol. The van der Waals surface area contributed by atoms with Crippen LogP contribution < -0.4 is 15.8 Å². The Hall–Kier alpha value is -3.34. The van der Waals surface area contributed by atoms with Crippen LogP contribution >= 0.6 is 0 Å². The van der Waals surface area contributed by atoms with E-state index in [-0.39, 0.29) is 5.56 Å². The molecular weight excluding hydrogens is 467 g/mol. The van der Waals surface area contributed by atoms with Gasteiger partial charge in [-0.3, -0.25) is 4.79 Å². The van der Waals surface area contributed by atoms with Crippen LogP contribution in [0.2, 0.25) is 0 Å². The summed E-state index contributed by atoms with van der Waals surface area (Å²) in [7, 11) is 2.06. The first-order chi connectivity index (χ1) is 16.4. The SMILES string of the molecule is CCc1cc(C(=O)O)c(=O)[nH]c1-c1ccc(N2C[C@H]3C[C@@H](NC)C[C@H]3C2)cc1.O=C(O)C(F)(F)F. The number of aromatic nitrogens is 1. The van der Waals surface area contributed by atoms with Crippen molar-refractivity contribution in [2.75, 3.05) is 25.0 Å². The summed E-state index contributed by atoms with van der Waals surface area (Å²) >= 11 is 0. The third kappa shape index (κ3) is 6.02. The number of carboxylic acid groups (broad SMARTS) is 2. The molecule has 1 aliphatic heterocycles. The molecule has 2 aliphatic rings. The van der Waals surface area contributed by atoms with E-state index < -0.39 is 23.7 Å². The molecule has 2 heterocycles. The Kier molecular flexibility index (Phi) is 7.89. The van der Waals surface area contributed by atoms with E-state index in [0.29, 0.717) is 18.2 Å². The number of alkyl halides is 3. The minimum atomic E-state index is -5.08. The molecule has 35 heavy (non-hydrogen) atoms. The van der Waals surface area contributed by atoms with E-state index >= 15 is 0 Å². The molecular formula is C24H28F3N3O5. The van der Waals surface area contributed by atoms with Crippen molar-refractivity contribution in [3.63, 3.8) is 0 Å². The molecule has 1 saturated carbocycles. The van der Waals surface area contributed by atoms with Crippen LogP contribution in [0.25, 0.3) is 11.3 Å². The number of pyridine rings is 1. The maximum atomic E-state index is 12.1. The number of aromatic carboxylic acids is 1. The minimum absolute atomic E-state index is 0.208. The van der Waals surface area contributed by atoms with Crippen LogP contribution in [0, 0.1) is 11.8 Å². The molecule has 1 aromatic carbocycles. The number of fused-ring (bicyclic) bond motifs is 1. The van der Waals surface area contributed by atoms with Gasteiger partial charge in [0.15, 0.2) is 0 Å². The standard InChI is InChI=1S/C22H27N3O3.C2HF3O2/c1-3-13-10-19(22(27)28)21(26)24-20(13)14-4-6-18(7-5-14)25-11-15-8-17(23-2)9-16(15)12-25;3-2(4,5)1(6)7/h4-7,10,15-17,23H,3,8-9,11-12H2,1-2H3,(H,24,26)(H,27,28);(H,6,7)/t15-,16+,17-;. The van der Waals surface area contributed by atoms with Gasteiger partial charge in [-0.1, -0.05) is 19.1 Å². The van der Waals surface area contributed by atoms with E-state index in [9.17, 15) is 27.9 Å². The molecule has 8 nitrogen and oxygen atoms in total. The summed E-state index contributed by atoms with van der Waals surface area (Å²) < 4.78 is 31.7. The van der Waals surface area contributed by atoms with Crippen LogP contribution in [0.1, 0.15) is 35.7 Å². The number of hydrogen-bond donors (Lipinski definition) is 4. The first-order valence-electron chi connectivity index (χ1n) is 11.3. The highest BCUT2D eigenvalue weighted by atomic mass is 19.4. The highest BCUT2D eigenvalue weighted by Gasteiger charge is 2.40. The number of nitrogens with one attached hydrogen (secondary N) is 2. The molecule has 4 N–H and O–H groups in total. The van der Waals surface area contributed by atoms with Crippen molar-refractivity contribution in [1.29, 1.82) is 0 Å². The zero-order valence-electron chi connectivity index (χ0n) is 19.4. The number of anilines is 1. The molecule has 1 saturated heterocycles. The van der Waals surface area contributed by atoms with Gasteiger partial charge in [-0.05, 0) is 67.5 Å². The van der Waals surface area contributed by atoms with Crippen LogP contribution in [-0.2, 0) is 11.2 Å². The lowest BCUT2D eigenvalue weighted by Crippen LogP contribution is -2.27. The number of aromatic amines is 1. The van der Waals surface area contributed by atoms with Gasteiger partial charge in [-0.2, -0.15) is 13.2 Å². The summed E-state index contributed by atoms with van der Waals surface area (Å²) in [5.74, 6) is -2.42. The molecule has 0 amide bonds. The maximum absolute atomic E-state index is 12.1. The van der Waals surface area contributed by atoms with Crippen molar-refractivity contribution in [3.8, 4) is 11.3 Å². The molecule has 0 bridgehead atoms. The Morgan fingerprint density at radius 3 is 2.09 bits per heavy atom. The molecule has 2 aromatic rings. The van der Waals surface area contributed by atoms with E-state index in [1.54, 1.807) is 0 Å². The molecule has 1 aliphatic carbocycles. The largest absolute Gasteiger partial charge is 0.490 e. The predicted molar refractivity (Wildman–Crippen MR) is 124 cm³/mol. The number of nitrogens with zero attached hydrogens (tertiary/aromatic N) is 1. The summed E-state index contributed by atoms with van der Waals surface area (Å²) in [5, 5.41) is 19.7. The van der Waals surface area contributed by atoms with Crippen LogP contribution in [0.15, 0.2) is 35.1 Å². The van der Waals surface area contributed by atoms with E-state index in [1.807, 2.05) is 19.1 Å². The zero-order chi connectivity index (χ0) is 25.9. The van der Waals surface area contributed by atoms with E-state index in [1.165, 1.54) is 24.6 Å². The van der Waals surface area contributed by atoms with Gasteiger partial charge in [-0.15, -0.1) is 0 Å². The molecule has 0 spiro atoms. The topological polar surface area (TPSA) is 123 Å². The molecule has 0 unspecified atom stereocenters. The fourth-order valence-electron chi connectivity index (χ4n) is 4.85. The molecule has 2 fully saturated rings. The Balaban J connectivity index is 0.000000429. The third-order valence-corrected chi connectivity index (χ3v) is 6.66. The van der Waals surface area contributed by atoms with E-state index in [4.69, 9.17) is 9.90 Å². The number of carbonyl (C=O) groups is 2. The average molecular weight is 495 g/mol. The number of benzene rings is 1. The average Bonchev–Trinajstić information content (AvgIpc) is 3.37. The van der Waals surface area contributed by atoms with Crippen molar-refractivity contribution in [1.82, 2.24) is 10.3 Å². The van der Waals surface area contributed by atoms with E-state index in [2.05, 4.69) is 34.4 Å². The van der Waals surface area contributed by atoms with Gasteiger partial charge < -0.3 is 25.4 Å². The summed E-state index contributed by atoms with van der Waals surface area (Å²) in [6.45, 7) is 4.16. The highest BCUT2D eigenvalue weighted by molar-refractivity contribution is 5.88. The van der Waals surface area contributed by atoms with E-state index in [0.717, 1.165) is 36.1 Å². The van der Waals surface area contributed by atoms with Crippen LogP contribution in [-0.4, -0.2) is 59.5 Å². The second-order valence-corrected chi connectivity index (χ2v) is 8.80. The van der Waals surface area contributed by atoms with Gasteiger partial charge >= 0.3 is 18.1 Å². The Morgan fingerprint density at radius 2 is 1.66 bits per heavy atom. The number of carboxylic acids is 2. The maximum Gasteiger partial charge on any atom is 0.490 e. The predicted octanol–water partition coefficient (Wildman–Crippen LogP) is 3.37. The van der Waals surface area contributed by atoms with Gasteiger partial charge in [0.05, 0.1) is 5.69 Å². The lowest BCUT2D eigenvalue weighted by atomic mass is 10.0. The van der Waals surface area contributed by atoms with Crippen LogP contribution in [0.3, 0.4) is 0 Å². The van der Waals surface area contributed by atoms with Gasteiger partial charge in [0.1, 0.15) is 5.56 Å². The number of aliphatic carboxylic acids is 1. The zero-order valence-corrected chi connectivity index (χ0v) is 19.4. The number of H-pyrrole nitrogens is 1. The lowest BCUT2D eigenvalue weighted by Gasteiger charge is -2.21. The van der Waals surface area contributed by atoms with Crippen LogP contribution in [0.5, 0.6) is 0 Å². The summed E-state index contributed by atoms with van der Waals surface area (Å²) in [6.07, 6.45) is -1.92. The number of halogens is 3. The minimum Gasteiger partial charge on any atom is -0.477 e. The normalized spacial score (nSPS) is 21.3. The Bertz CT molecular complexity index is 1120. The van der Waals surface area contributed by atoms with Crippen molar-refractivity contribution in [2.45, 2.75) is 38.4 Å².